The maximum absolute atomic E-state index is 10.1. The van der Waals surface area contributed by atoms with Crippen LogP contribution in [0.3, 0.4) is 0 Å². The standard InChI is InChI=1S/C14H18N4O/c1-10-8-13(18-14(15-2)17-10)16-9-12(19)11-6-4-3-5-7-11/h3-8,12,19H,9H2,1-2H3,(H2,15,16,17,18). The van der Waals surface area contributed by atoms with Crippen LogP contribution < -0.4 is 10.6 Å². The Morgan fingerprint density at radius 2 is 1.95 bits per heavy atom. The van der Waals surface area contributed by atoms with Crippen LogP contribution >= 0.6 is 0 Å². The van der Waals surface area contributed by atoms with E-state index in [2.05, 4.69) is 20.6 Å². The zero-order chi connectivity index (χ0) is 13.7. The van der Waals surface area contributed by atoms with Crippen molar-refractivity contribution in [3.05, 3.63) is 47.7 Å². The second kappa shape index (κ2) is 6.15. The molecular formula is C14H18N4O. The van der Waals surface area contributed by atoms with Gasteiger partial charge in [-0.15, -0.1) is 0 Å². The highest BCUT2D eigenvalue weighted by Gasteiger charge is 2.07. The van der Waals surface area contributed by atoms with Crippen LogP contribution in [-0.2, 0) is 0 Å². The quantitative estimate of drug-likeness (QED) is 0.765. The minimum Gasteiger partial charge on any atom is -0.387 e. The van der Waals surface area contributed by atoms with E-state index in [4.69, 9.17) is 0 Å². The summed E-state index contributed by atoms with van der Waals surface area (Å²) in [5.74, 6) is 1.27. The van der Waals surface area contributed by atoms with Crippen LogP contribution in [-0.4, -0.2) is 28.7 Å². The third-order valence-corrected chi connectivity index (χ3v) is 2.74. The molecule has 0 aliphatic heterocycles. The molecule has 5 nitrogen and oxygen atoms in total. The molecule has 1 aromatic heterocycles. The van der Waals surface area contributed by atoms with Crippen LogP contribution in [0.25, 0.3) is 0 Å². The average molecular weight is 258 g/mol. The molecule has 2 rings (SSSR count). The highest BCUT2D eigenvalue weighted by Crippen LogP contribution is 2.14. The number of nitrogens with zero attached hydrogens (tertiary/aromatic N) is 2. The first-order valence-corrected chi connectivity index (χ1v) is 6.19. The predicted molar refractivity (Wildman–Crippen MR) is 76.2 cm³/mol. The van der Waals surface area contributed by atoms with E-state index in [0.29, 0.717) is 18.3 Å². The Kier molecular flexibility index (Phi) is 4.30. The zero-order valence-electron chi connectivity index (χ0n) is 11.1. The molecule has 0 spiro atoms. The molecule has 100 valence electrons. The number of aryl methyl sites for hydroxylation is 1. The van der Waals surface area contributed by atoms with Crippen molar-refractivity contribution in [1.29, 1.82) is 0 Å². The number of anilines is 2. The Morgan fingerprint density at radius 3 is 2.63 bits per heavy atom. The maximum Gasteiger partial charge on any atom is 0.224 e. The normalized spacial score (nSPS) is 11.9. The van der Waals surface area contributed by atoms with Crippen molar-refractivity contribution in [2.45, 2.75) is 13.0 Å². The first kappa shape index (κ1) is 13.3. The van der Waals surface area contributed by atoms with Gasteiger partial charge in [0.2, 0.25) is 5.95 Å². The number of aliphatic hydroxyl groups is 1. The van der Waals surface area contributed by atoms with Gasteiger partial charge in [0.25, 0.3) is 0 Å². The van der Waals surface area contributed by atoms with Gasteiger partial charge in [0, 0.05) is 25.4 Å². The van der Waals surface area contributed by atoms with Gasteiger partial charge < -0.3 is 15.7 Å². The van der Waals surface area contributed by atoms with Gasteiger partial charge in [0.1, 0.15) is 5.82 Å². The second-order valence-corrected chi connectivity index (χ2v) is 4.28. The molecule has 1 atom stereocenters. The largest absolute Gasteiger partial charge is 0.387 e. The molecule has 0 amide bonds. The number of rotatable bonds is 5. The molecule has 19 heavy (non-hydrogen) atoms. The van der Waals surface area contributed by atoms with Crippen LogP contribution in [0.2, 0.25) is 0 Å². The van der Waals surface area contributed by atoms with Crippen molar-refractivity contribution >= 4 is 11.8 Å². The molecule has 1 aromatic carbocycles. The number of aliphatic hydroxyl groups excluding tert-OH is 1. The number of aromatic nitrogens is 2. The van der Waals surface area contributed by atoms with Gasteiger partial charge in [0.05, 0.1) is 6.10 Å². The molecular weight excluding hydrogens is 240 g/mol. The van der Waals surface area contributed by atoms with Crippen molar-refractivity contribution in [2.24, 2.45) is 0 Å². The lowest BCUT2D eigenvalue weighted by molar-refractivity contribution is 0.191. The van der Waals surface area contributed by atoms with E-state index >= 15 is 0 Å². The summed E-state index contributed by atoms with van der Waals surface area (Å²) in [5, 5.41) is 16.1. The summed E-state index contributed by atoms with van der Waals surface area (Å²) in [6.07, 6.45) is -0.561. The van der Waals surface area contributed by atoms with Gasteiger partial charge in [-0.2, -0.15) is 4.98 Å². The lowest BCUT2D eigenvalue weighted by atomic mass is 10.1. The highest BCUT2D eigenvalue weighted by molar-refractivity contribution is 5.42. The van der Waals surface area contributed by atoms with Crippen molar-refractivity contribution in [3.8, 4) is 0 Å². The van der Waals surface area contributed by atoms with Gasteiger partial charge in [-0.25, -0.2) is 4.98 Å². The lowest BCUT2D eigenvalue weighted by Crippen LogP contribution is -2.13. The van der Waals surface area contributed by atoms with Crippen molar-refractivity contribution in [1.82, 2.24) is 9.97 Å². The van der Waals surface area contributed by atoms with Gasteiger partial charge >= 0.3 is 0 Å². The molecule has 0 bridgehead atoms. The summed E-state index contributed by atoms with van der Waals surface area (Å²) in [7, 11) is 1.78. The summed E-state index contributed by atoms with van der Waals surface area (Å²) >= 11 is 0. The van der Waals surface area contributed by atoms with Crippen LogP contribution in [0, 0.1) is 6.92 Å². The summed E-state index contributed by atoms with van der Waals surface area (Å²) < 4.78 is 0. The topological polar surface area (TPSA) is 70.1 Å². The fourth-order valence-electron chi connectivity index (χ4n) is 1.77. The number of hydrogen-bond acceptors (Lipinski definition) is 5. The highest BCUT2D eigenvalue weighted by atomic mass is 16.3. The summed E-state index contributed by atoms with van der Waals surface area (Å²) in [4.78, 5) is 8.49. The van der Waals surface area contributed by atoms with Crippen LogP contribution in [0.5, 0.6) is 0 Å². The molecule has 0 saturated heterocycles. The van der Waals surface area contributed by atoms with Crippen molar-refractivity contribution in [3.63, 3.8) is 0 Å². The molecule has 1 unspecified atom stereocenters. The Balaban J connectivity index is 2.01. The van der Waals surface area contributed by atoms with E-state index in [1.165, 1.54) is 0 Å². The monoisotopic (exact) mass is 258 g/mol. The Bertz CT molecular complexity index is 530. The lowest BCUT2D eigenvalue weighted by Gasteiger charge is -2.13. The Hall–Kier alpha value is -2.14. The fraction of sp³-hybridized carbons (Fsp3) is 0.286. The molecule has 0 aliphatic rings. The zero-order valence-corrected chi connectivity index (χ0v) is 11.1. The van der Waals surface area contributed by atoms with Gasteiger partial charge in [-0.1, -0.05) is 30.3 Å². The number of hydrogen-bond donors (Lipinski definition) is 3. The van der Waals surface area contributed by atoms with E-state index in [-0.39, 0.29) is 0 Å². The fourth-order valence-corrected chi connectivity index (χ4v) is 1.77. The van der Waals surface area contributed by atoms with Crippen LogP contribution in [0.15, 0.2) is 36.4 Å². The maximum atomic E-state index is 10.1. The predicted octanol–water partition coefficient (Wildman–Crippen LogP) is 1.97. The third kappa shape index (κ3) is 3.66. The molecule has 1 heterocycles. The third-order valence-electron chi connectivity index (χ3n) is 2.74. The smallest absolute Gasteiger partial charge is 0.224 e. The summed E-state index contributed by atoms with van der Waals surface area (Å²) in [6, 6.07) is 11.4. The van der Waals surface area contributed by atoms with Gasteiger partial charge in [0.15, 0.2) is 0 Å². The van der Waals surface area contributed by atoms with Gasteiger partial charge in [-0.3, -0.25) is 0 Å². The van der Waals surface area contributed by atoms with Crippen LogP contribution in [0.4, 0.5) is 11.8 Å². The first-order valence-electron chi connectivity index (χ1n) is 6.19. The molecule has 0 saturated carbocycles. The van der Waals surface area contributed by atoms with Gasteiger partial charge in [-0.05, 0) is 12.5 Å². The molecule has 2 aromatic rings. The molecule has 0 aliphatic carbocycles. The van der Waals surface area contributed by atoms with Crippen LogP contribution in [0.1, 0.15) is 17.4 Å². The Labute approximate surface area is 112 Å². The second-order valence-electron chi connectivity index (χ2n) is 4.28. The first-order chi connectivity index (χ1) is 9.19. The summed E-state index contributed by atoms with van der Waals surface area (Å²) in [6.45, 7) is 2.31. The van der Waals surface area contributed by atoms with E-state index in [1.54, 1.807) is 7.05 Å². The molecule has 0 fully saturated rings. The minimum absolute atomic E-state index is 0.406. The van der Waals surface area contributed by atoms with E-state index in [1.807, 2.05) is 43.3 Å². The van der Waals surface area contributed by atoms with E-state index in [0.717, 1.165) is 11.3 Å². The number of nitrogens with one attached hydrogen (secondary N) is 2. The molecule has 0 radical (unpaired) electrons. The van der Waals surface area contributed by atoms with Crippen molar-refractivity contribution in [2.75, 3.05) is 24.2 Å². The summed E-state index contributed by atoms with van der Waals surface area (Å²) in [5.41, 5.74) is 1.76. The number of benzene rings is 1. The molecule has 5 heteroatoms. The minimum atomic E-state index is -0.561. The van der Waals surface area contributed by atoms with Crippen molar-refractivity contribution < 1.29 is 5.11 Å². The SMILES string of the molecule is CNc1nc(C)cc(NCC(O)c2ccccc2)n1. The van der Waals surface area contributed by atoms with E-state index in [9.17, 15) is 5.11 Å². The molecule has 3 N–H and O–H groups in total. The van der Waals surface area contributed by atoms with E-state index < -0.39 is 6.10 Å². The Morgan fingerprint density at radius 1 is 1.21 bits per heavy atom. The average Bonchev–Trinajstić information content (AvgIpc) is 2.45.